The number of amides is 1. The second kappa shape index (κ2) is 7.69. The van der Waals surface area contributed by atoms with E-state index in [0.29, 0.717) is 28.9 Å². The third-order valence-electron chi connectivity index (χ3n) is 7.11. The molecular formula is C26H26FN3O2. The highest BCUT2D eigenvalue weighted by molar-refractivity contribution is 5.95. The molecule has 1 fully saturated rings. The van der Waals surface area contributed by atoms with Crippen LogP contribution in [0.5, 0.6) is 0 Å². The molecule has 0 spiro atoms. The molecule has 32 heavy (non-hydrogen) atoms. The highest BCUT2D eigenvalue weighted by Crippen LogP contribution is 2.46. The maximum Gasteiger partial charge on any atom is 0.272 e. The molecular weight excluding hydrogens is 405 g/mol. The molecule has 3 atom stereocenters. The van der Waals surface area contributed by atoms with E-state index in [2.05, 4.69) is 5.10 Å². The van der Waals surface area contributed by atoms with E-state index in [9.17, 15) is 9.59 Å². The highest BCUT2D eigenvalue weighted by atomic mass is 19.1. The van der Waals surface area contributed by atoms with Crippen LogP contribution in [-0.2, 0) is 0 Å². The van der Waals surface area contributed by atoms with Gasteiger partial charge in [-0.2, -0.15) is 5.10 Å². The molecule has 5 rings (SSSR count). The van der Waals surface area contributed by atoms with Crippen molar-refractivity contribution in [2.45, 2.75) is 51.6 Å². The van der Waals surface area contributed by atoms with Crippen LogP contribution in [0.1, 0.15) is 63.1 Å². The minimum atomic E-state index is -0.358. The summed E-state index contributed by atoms with van der Waals surface area (Å²) >= 11 is 0. The van der Waals surface area contributed by atoms with Crippen molar-refractivity contribution in [2.75, 3.05) is 6.54 Å². The lowest BCUT2D eigenvalue weighted by Crippen LogP contribution is -2.51. The summed E-state index contributed by atoms with van der Waals surface area (Å²) in [5, 5.41) is 4.46. The van der Waals surface area contributed by atoms with Crippen LogP contribution in [0.25, 0.3) is 0 Å². The summed E-state index contributed by atoms with van der Waals surface area (Å²) in [7, 11) is 0. The van der Waals surface area contributed by atoms with Crippen molar-refractivity contribution >= 4 is 5.91 Å². The van der Waals surface area contributed by atoms with Crippen molar-refractivity contribution < 1.29 is 9.18 Å². The van der Waals surface area contributed by atoms with Crippen LogP contribution in [0.4, 0.5) is 4.39 Å². The Morgan fingerprint density at radius 3 is 2.50 bits per heavy atom. The molecule has 6 heteroatoms. The van der Waals surface area contributed by atoms with Gasteiger partial charge in [-0.3, -0.25) is 14.3 Å². The third-order valence-corrected chi connectivity index (χ3v) is 7.11. The van der Waals surface area contributed by atoms with Crippen molar-refractivity contribution in [3.8, 4) is 0 Å². The van der Waals surface area contributed by atoms with Gasteiger partial charge in [-0.25, -0.2) is 4.39 Å². The number of rotatable bonds is 3. The lowest BCUT2D eigenvalue weighted by Gasteiger charge is -2.43. The first-order valence-electron chi connectivity index (χ1n) is 11.1. The first kappa shape index (κ1) is 20.6. The number of aromatic nitrogens is 2. The van der Waals surface area contributed by atoms with E-state index in [1.165, 1.54) is 6.20 Å². The smallest absolute Gasteiger partial charge is 0.272 e. The Labute approximate surface area is 186 Å². The van der Waals surface area contributed by atoms with Crippen LogP contribution in [0.2, 0.25) is 0 Å². The molecule has 3 aromatic rings. The summed E-state index contributed by atoms with van der Waals surface area (Å²) < 4.78 is 17.3. The molecule has 0 aliphatic carbocycles. The third kappa shape index (κ3) is 3.00. The summed E-state index contributed by atoms with van der Waals surface area (Å²) in [5.74, 6) is -0.746. The molecule has 2 aliphatic rings. The first-order valence-corrected chi connectivity index (χ1v) is 11.1. The Hall–Kier alpha value is -3.28. The predicted octanol–water partition coefficient (Wildman–Crippen LogP) is 4.30. The summed E-state index contributed by atoms with van der Waals surface area (Å²) in [5.41, 5.74) is 3.71. The molecule has 2 aromatic carbocycles. The Morgan fingerprint density at radius 1 is 1.00 bits per heavy atom. The fourth-order valence-electron chi connectivity index (χ4n) is 5.49. The Balaban J connectivity index is 1.83. The zero-order chi connectivity index (χ0) is 22.6. The summed E-state index contributed by atoms with van der Waals surface area (Å²) in [6.45, 7) is 6.12. The van der Waals surface area contributed by atoms with Crippen molar-refractivity contribution in [3.05, 3.63) is 98.2 Å². The van der Waals surface area contributed by atoms with Crippen molar-refractivity contribution in [1.29, 1.82) is 0 Å². The molecule has 2 aliphatic heterocycles. The van der Waals surface area contributed by atoms with Crippen molar-refractivity contribution in [1.82, 2.24) is 14.7 Å². The number of halogens is 1. The molecule has 5 nitrogen and oxygen atoms in total. The van der Waals surface area contributed by atoms with Crippen LogP contribution < -0.4 is 5.43 Å². The quantitative estimate of drug-likeness (QED) is 0.621. The number of carbonyl (C=O) groups is 1. The van der Waals surface area contributed by atoms with Gasteiger partial charge in [0, 0.05) is 18.0 Å². The van der Waals surface area contributed by atoms with Gasteiger partial charge in [-0.15, -0.1) is 0 Å². The fraction of sp³-hybridized carbons (Fsp3) is 0.346. The number of hydrogen-bond donors (Lipinski definition) is 0. The average Bonchev–Trinajstić information content (AvgIpc) is 3.27. The van der Waals surface area contributed by atoms with E-state index in [-0.39, 0.29) is 35.2 Å². The molecule has 0 bridgehead atoms. The Kier molecular flexibility index (Phi) is 4.96. The van der Waals surface area contributed by atoms with Gasteiger partial charge in [-0.05, 0) is 55.9 Å². The van der Waals surface area contributed by atoms with Crippen molar-refractivity contribution in [3.63, 3.8) is 0 Å². The predicted molar refractivity (Wildman–Crippen MR) is 120 cm³/mol. The Bertz CT molecular complexity index is 1280. The monoisotopic (exact) mass is 431 g/mol. The topological polar surface area (TPSA) is 55.2 Å². The fourth-order valence-corrected chi connectivity index (χ4v) is 5.49. The van der Waals surface area contributed by atoms with E-state index < -0.39 is 0 Å². The van der Waals surface area contributed by atoms with Gasteiger partial charge in [0.05, 0.1) is 18.3 Å². The van der Waals surface area contributed by atoms with E-state index in [4.69, 9.17) is 0 Å². The van der Waals surface area contributed by atoms with E-state index in [0.717, 1.165) is 24.0 Å². The number of nitrogens with zero attached hydrogens (tertiary/aromatic N) is 3. The van der Waals surface area contributed by atoms with Gasteiger partial charge in [0.15, 0.2) is 0 Å². The number of hydrogen-bond acceptors (Lipinski definition) is 3. The summed E-state index contributed by atoms with van der Waals surface area (Å²) in [4.78, 5) is 27.6. The molecule has 0 unspecified atom stereocenters. The minimum Gasteiger partial charge on any atom is -0.332 e. The van der Waals surface area contributed by atoms with Crippen LogP contribution >= 0.6 is 0 Å². The molecule has 0 N–H and O–H groups in total. The molecule has 1 amide bonds. The van der Waals surface area contributed by atoms with E-state index in [1.54, 1.807) is 24.6 Å². The van der Waals surface area contributed by atoms with Gasteiger partial charge in [-0.1, -0.05) is 42.5 Å². The SMILES string of the molecule is Cc1ccccc1[C@H](c1cccc(C)c1F)[C@H]1[C@H]2CCCN2C(=O)c2c(C)c(=O)cnn21. The molecule has 0 radical (unpaired) electrons. The van der Waals surface area contributed by atoms with Crippen LogP contribution in [0.3, 0.4) is 0 Å². The van der Waals surface area contributed by atoms with Crippen LogP contribution in [-0.4, -0.2) is 33.2 Å². The normalized spacial score (nSPS) is 20.8. The minimum absolute atomic E-state index is 0.117. The first-order chi connectivity index (χ1) is 15.4. The molecule has 164 valence electrons. The maximum absolute atomic E-state index is 15.6. The maximum atomic E-state index is 15.6. The number of fused-ring (bicyclic) bond motifs is 2. The van der Waals surface area contributed by atoms with Gasteiger partial charge < -0.3 is 4.90 Å². The zero-order valence-corrected chi connectivity index (χ0v) is 18.5. The van der Waals surface area contributed by atoms with E-state index >= 15 is 4.39 Å². The van der Waals surface area contributed by atoms with Gasteiger partial charge in [0.2, 0.25) is 5.43 Å². The molecule has 0 saturated carbocycles. The second-order valence-corrected chi connectivity index (χ2v) is 8.94. The standard InChI is InChI=1S/C26H26FN3O2/c1-15-8-4-5-10-18(15)22(19-11-6-9-16(2)23(19)27)25-20-12-7-13-29(20)26(32)24-17(3)21(31)14-28-30(24)25/h4-6,8-11,14,20,22,25H,7,12-13H2,1-3H3/t20-,22-,25-/m1/s1. The second-order valence-electron chi connectivity index (χ2n) is 8.94. The number of benzene rings is 2. The van der Waals surface area contributed by atoms with Crippen molar-refractivity contribution in [2.24, 2.45) is 0 Å². The van der Waals surface area contributed by atoms with Gasteiger partial charge in [0.25, 0.3) is 5.91 Å². The number of carbonyl (C=O) groups excluding carboxylic acids is 1. The zero-order valence-electron chi connectivity index (χ0n) is 18.5. The summed E-state index contributed by atoms with van der Waals surface area (Å²) in [6.07, 6.45) is 2.98. The highest BCUT2D eigenvalue weighted by Gasteiger charge is 2.48. The van der Waals surface area contributed by atoms with Crippen LogP contribution in [0.15, 0.2) is 53.5 Å². The average molecular weight is 432 g/mol. The number of aryl methyl sites for hydroxylation is 2. The summed E-state index contributed by atoms with van der Waals surface area (Å²) in [6, 6.07) is 13.1. The lowest BCUT2D eigenvalue weighted by molar-refractivity contribution is 0.0569. The molecule has 1 aromatic heterocycles. The largest absolute Gasteiger partial charge is 0.332 e. The molecule has 3 heterocycles. The Morgan fingerprint density at radius 2 is 1.72 bits per heavy atom. The van der Waals surface area contributed by atoms with E-state index in [1.807, 2.05) is 48.2 Å². The van der Waals surface area contributed by atoms with Crippen LogP contribution in [0, 0.1) is 26.6 Å². The molecule has 1 saturated heterocycles. The van der Waals surface area contributed by atoms with Gasteiger partial charge >= 0.3 is 0 Å². The van der Waals surface area contributed by atoms with Gasteiger partial charge in [0.1, 0.15) is 11.5 Å². The lowest BCUT2D eigenvalue weighted by atomic mass is 9.77.